The quantitative estimate of drug-likeness (QED) is 0.791. The maximum atomic E-state index is 11.7. The molecular formula is C12H14N2O4. The van der Waals surface area contributed by atoms with Crippen LogP contribution in [0, 0.1) is 0 Å². The first kappa shape index (κ1) is 12.4. The molecule has 18 heavy (non-hydrogen) atoms. The second kappa shape index (κ2) is 4.30. The van der Waals surface area contributed by atoms with Gasteiger partial charge in [-0.15, -0.1) is 0 Å². The van der Waals surface area contributed by atoms with Crippen molar-refractivity contribution in [3.05, 3.63) is 30.2 Å². The molecule has 1 aliphatic heterocycles. The van der Waals surface area contributed by atoms with E-state index < -0.39 is 23.6 Å². The zero-order valence-electron chi connectivity index (χ0n) is 10.1. The van der Waals surface area contributed by atoms with E-state index in [4.69, 9.17) is 10.2 Å². The van der Waals surface area contributed by atoms with Crippen molar-refractivity contribution in [2.75, 3.05) is 7.11 Å². The lowest BCUT2D eigenvalue weighted by Crippen LogP contribution is -2.77. The van der Waals surface area contributed by atoms with Gasteiger partial charge in [0.25, 0.3) is 5.91 Å². The molecule has 1 fully saturated rings. The summed E-state index contributed by atoms with van der Waals surface area (Å²) < 4.78 is 9.66. The van der Waals surface area contributed by atoms with Gasteiger partial charge >= 0.3 is 6.09 Å². The number of furan rings is 1. The van der Waals surface area contributed by atoms with Crippen molar-refractivity contribution >= 4 is 18.1 Å². The predicted molar refractivity (Wildman–Crippen MR) is 63.4 cm³/mol. The molecule has 0 spiro atoms. The van der Waals surface area contributed by atoms with Crippen molar-refractivity contribution in [3.63, 3.8) is 0 Å². The van der Waals surface area contributed by atoms with Crippen molar-refractivity contribution in [3.8, 4) is 0 Å². The van der Waals surface area contributed by atoms with E-state index in [9.17, 15) is 9.59 Å². The number of carbonyl (C=O) groups excluding carboxylic acids is 2. The first-order chi connectivity index (χ1) is 8.48. The van der Waals surface area contributed by atoms with E-state index >= 15 is 0 Å². The summed E-state index contributed by atoms with van der Waals surface area (Å²) in [6, 6.07) is 2.96. The molecule has 2 heterocycles. The molecule has 0 bridgehead atoms. The predicted octanol–water partition coefficient (Wildman–Crippen LogP) is 0.987. The number of ether oxygens (including phenoxy) is 1. The van der Waals surface area contributed by atoms with Crippen LogP contribution in [0.2, 0.25) is 0 Å². The zero-order valence-corrected chi connectivity index (χ0v) is 10.1. The van der Waals surface area contributed by atoms with Gasteiger partial charge in [-0.25, -0.2) is 9.69 Å². The number of β-lactam (4-membered cyclic amide) rings is 1. The highest BCUT2D eigenvalue weighted by Crippen LogP contribution is 2.30. The third kappa shape index (κ3) is 1.80. The lowest BCUT2D eigenvalue weighted by molar-refractivity contribution is -0.150. The highest BCUT2D eigenvalue weighted by atomic mass is 16.5. The summed E-state index contributed by atoms with van der Waals surface area (Å²) in [6.07, 6.45) is 4.14. The van der Waals surface area contributed by atoms with Crippen molar-refractivity contribution in [1.29, 1.82) is 0 Å². The number of rotatable bonds is 2. The number of methoxy groups -OCH3 is 1. The Balaban J connectivity index is 2.19. The van der Waals surface area contributed by atoms with Crippen molar-refractivity contribution in [2.24, 2.45) is 5.73 Å². The molecule has 96 valence electrons. The lowest BCUT2D eigenvalue weighted by atomic mass is 9.81. The normalized spacial score (nSPS) is 27.4. The first-order valence-corrected chi connectivity index (χ1v) is 5.40. The molecule has 0 radical (unpaired) electrons. The van der Waals surface area contributed by atoms with Gasteiger partial charge < -0.3 is 14.9 Å². The van der Waals surface area contributed by atoms with Gasteiger partial charge in [-0.1, -0.05) is 6.08 Å². The number of carbonyl (C=O) groups is 2. The Morgan fingerprint density at radius 1 is 1.67 bits per heavy atom. The molecule has 1 saturated heterocycles. The summed E-state index contributed by atoms with van der Waals surface area (Å²) in [7, 11) is 1.22. The van der Waals surface area contributed by atoms with E-state index in [1.54, 1.807) is 31.2 Å². The maximum Gasteiger partial charge on any atom is 0.416 e. The third-order valence-electron chi connectivity index (χ3n) is 2.93. The number of hydrogen-bond acceptors (Lipinski definition) is 5. The zero-order chi connectivity index (χ0) is 13.3. The van der Waals surface area contributed by atoms with Crippen LogP contribution in [0.15, 0.2) is 28.9 Å². The second-order valence-corrected chi connectivity index (χ2v) is 4.25. The fourth-order valence-electron chi connectivity index (χ4n) is 1.87. The molecule has 1 aromatic rings. The lowest BCUT2D eigenvalue weighted by Gasteiger charge is -2.48. The van der Waals surface area contributed by atoms with Crippen LogP contribution in [0.4, 0.5) is 4.79 Å². The smallest absolute Gasteiger partial charge is 0.416 e. The minimum absolute atomic E-state index is 0.455. The molecule has 6 heteroatoms. The van der Waals surface area contributed by atoms with Crippen LogP contribution in [0.3, 0.4) is 0 Å². The Bertz CT molecular complexity index is 490. The Labute approximate surface area is 104 Å². The van der Waals surface area contributed by atoms with Gasteiger partial charge in [-0.3, -0.25) is 4.79 Å². The minimum Gasteiger partial charge on any atom is -0.465 e. The molecule has 0 aromatic carbocycles. The van der Waals surface area contributed by atoms with Crippen LogP contribution in [0.1, 0.15) is 12.7 Å². The molecule has 2 rings (SSSR count). The van der Waals surface area contributed by atoms with Crippen LogP contribution >= 0.6 is 0 Å². The summed E-state index contributed by atoms with van der Waals surface area (Å²) in [4.78, 5) is 24.1. The third-order valence-corrected chi connectivity index (χ3v) is 2.93. The summed E-state index contributed by atoms with van der Waals surface area (Å²) >= 11 is 0. The van der Waals surface area contributed by atoms with E-state index in [2.05, 4.69) is 4.74 Å². The van der Waals surface area contributed by atoms with Gasteiger partial charge in [0.1, 0.15) is 11.3 Å². The van der Waals surface area contributed by atoms with Gasteiger partial charge in [0.05, 0.1) is 19.4 Å². The highest BCUT2D eigenvalue weighted by molar-refractivity contribution is 6.05. The number of imide groups is 1. The van der Waals surface area contributed by atoms with Gasteiger partial charge in [-0.05, 0) is 25.1 Å². The standard InChI is InChI=1S/C12H14N2O4/c1-12(13)9(6-5-8-4-3-7-18-8)14(10(12)15)11(16)17-2/h3-7,9H,13H2,1-2H3. The van der Waals surface area contributed by atoms with Crippen molar-refractivity contribution < 1.29 is 18.7 Å². The molecular weight excluding hydrogens is 236 g/mol. The average Bonchev–Trinajstić information content (AvgIpc) is 2.85. The molecule has 2 atom stereocenters. The minimum atomic E-state index is -1.10. The highest BCUT2D eigenvalue weighted by Gasteiger charge is 2.57. The fourth-order valence-corrected chi connectivity index (χ4v) is 1.87. The Hall–Kier alpha value is -2.08. The van der Waals surface area contributed by atoms with Crippen LogP contribution in [-0.4, -0.2) is 35.6 Å². The summed E-state index contributed by atoms with van der Waals surface area (Å²) in [6.45, 7) is 1.58. The SMILES string of the molecule is COC(=O)N1C(=O)C(C)(N)C1C=Cc1ccco1. The van der Waals surface area contributed by atoms with E-state index in [1.165, 1.54) is 13.4 Å². The molecule has 1 aromatic heterocycles. The number of nitrogens with two attached hydrogens (primary N) is 1. The monoisotopic (exact) mass is 250 g/mol. The maximum absolute atomic E-state index is 11.7. The summed E-state index contributed by atoms with van der Waals surface area (Å²) in [5.41, 5.74) is 4.75. The van der Waals surface area contributed by atoms with Crippen molar-refractivity contribution in [1.82, 2.24) is 4.90 Å². The van der Waals surface area contributed by atoms with Gasteiger partial charge in [0.2, 0.25) is 0 Å². The Morgan fingerprint density at radius 2 is 2.39 bits per heavy atom. The number of likely N-dealkylation sites (tertiary alicyclic amines) is 1. The van der Waals surface area contributed by atoms with E-state index in [0.29, 0.717) is 5.76 Å². The molecule has 2 amide bonds. The Kier molecular flexibility index (Phi) is 2.96. The topological polar surface area (TPSA) is 85.8 Å². The number of hydrogen-bond donors (Lipinski definition) is 1. The van der Waals surface area contributed by atoms with Gasteiger partial charge in [0, 0.05) is 0 Å². The first-order valence-electron chi connectivity index (χ1n) is 5.40. The Morgan fingerprint density at radius 3 is 2.94 bits per heavy atom. The van der Waals surface area contributed by atoms with Crippen LogP contribution in [-0.2, 0) is 9.53 Å². The van der Waals surface area contributed by atoms with Gasteiger partial charge in [-0.2, -0.15) is 0 Å². The fraction of sp³-hybridized carbons (Fsp3) is 0.333. The van der Waals surface area contributed by atoms with Crippen LogP contribution in [0.5, 0.6) is 0 Å². The summed E-state index contributed by atoms with van der Waals surface area (Å²) in [5, 5.41) is 0. The summed E-state index contributed by atoms with van der Waals surface area (Å²) in [5.74, 6) is 0.165. The average molecular weight is 250 g/mol. The van der Waals surface area contributed by atoms with Gasteiger partial charge in [0.15, 0.2) is 0 Å². The van der Waals surface area contributed by atoms with E-state index in [1.807, 2.05) is 0 Å². The molecule has 2 unspecified atom stereocenters. The second-order valence-electron chi connectivity index (χ2n) is 4.25. The molecule has 6 nitrogen and oxygen atoms in total. The van der Waals surface area contributed by atoms with Crippen molar-refractivity contribution in [2.45, 2.75) is 18.5 Å². The number of nitrogens with zero attached hydrogens (tertiary/aromatic N) is 1. The van der Waals surface area contributed by atoms with E-state index in [0.717, 1.165) is 4.90 Å². The largest absolute Gasteiger partial charge is 0.465 e. The van der Waals surface area contributed by atoms with Crippen LogP contribution in [0.25, 0.3) is 6.08 Å². The molecule has 0 aliphatic carbocycles. The molecule has 2 N–H and O–H groups in total. The van der Waals surface area contributed by atoms with E-state index in [-0.39, 0.29) is 0 Å². The number of amides is 2. The van der Waals surface area contributed by atoms with Crippen LogP contribution < -0.4 is 5.73 Å². The molecule has 1 aliphatic rings. The molecule has 0 saturated carbocycles.